The van der Waals surface area contributed by atoms with Crippen molar-refractivity contribution in [2.24, 2.45) is 10.9 Å². The number of carbonyl (C=O) groups excluding carboxylic acids is 3. The molecule has 3 amide bonds. The molecule has 3 heterocycles. The van der Waals surface area contributed by atoms with Crippen molar-refractivity contribution in [1.29, 1.82) is 0 Å². The smallest absolute Gasteiger partial charge is 0.410 e. The Labute approximate surface area is 208 Å². The van der Waals surface area contributed by atoms with E-state index in [1.165, 1.54) is 18.7 Å². The van der Waals surface area contributed by atoms with Crippen LogP contribution in [0, 0.1) is 5.92 Å². The maximum absolute atomic E-state index is 12.9. The quantitative estimate of drug-likeness (QED) is 0.672. The Morgan fingerprint density at radius 3 is 2.57 bits per heavy atom. The molecule has 0 bridgehead atoms. The molecule has 184 valence electrons. The molecule has 2 aliphatic rings. The first kappa shape index (κ1) is 24.7. The lowest BCUT2D eigenvalue weighted by Gasteiger charge is -2.36. The van der Waals surface area contributed by atoms with Crippen LogP contribution in [0.3, 0.4) is 0 Å². The zero-order chi connectivity index (χ0) is 25.2. The third kappa shape index (κ3) is 5.64. The molecule has 10 heteroatoms. The predicted octanol–water partition coefficient (Wildman–Crippen LogP) is 3.64. The van der Waals surface area contributed by atoms with Gasteiger partial charge in [0, 0.05) is 49.9 Å². The zero-order valence-corrected chi connectivity index (χ0v) is 21.0. The number of fused-ring (bicyclic) bond motifs is 1. The summed E-state index contributed by atoms with van der Waals surface area (Å²) in [5.74, 6) is -0.503. The highest BCUT2D eigenvalue weighted by Gasteiger charge is 2.54. The summed E-state index contributed by atoms with van der Waals surface area (Å²) in [5.41, 5.74) is 1.22. The van der Waals surface area contributed by atoms with Crippen LogP contribution in [0.15, 0.2) is 53.7 Å². The number of amidine groups is 1. The fraction of sp³-hybridized carbons (Fsp3) is 0.400. The van der Waals surface area contributed by atoms with Crippen molar-refractivity contribution < 1.29 is 19.1 Å². The van der Waals surface area contributed by atoms with Crippen LogP contribution >= 0.6 is 11.8 Å². The van der Waals surface area contributed by atoms with Crippen LogP contribution < -0.4 is 10.6 Å². The molecule has 0 unspecified atom stereocenters. The summed E-state index contributed by atoms with van der Waals surface area (Å²) in [5, 5.41) is 6.18. The zero-order valence-electron chi connectivity index (χ0n) is 20.2. The van der Waals surface area contributed by atoms with Gasteiger partial charge in [0.05, 0.1) is 10.4 Å². The van der Waals surface area contributed by atoms with Gasteiger partial charge in [0.15, 0.2) is 5.17 Å². The van der Waals surface area contributed by atoms with Crippen LogP contribution in [-0.2, 0) is 14.3 Å². The summed E-state index contributed by atoms with van der Waals surface area (Å²) >= 11 is 1.39. The minimum atomic E-state index is -0.674. The number of benzene rings is 1. The lowest BCUT2D eigenvalue weighted by molar-refractivity contribution is -0.114. The van der Waals surface area contributed by atoms with Gasteiger partial charge in [-0.1, -0.05) is 30.0 Å². The second kappa shape index (κ2) is 9.69. The summed E-state index contributed by atoms with van der Waals surface area (Å²) in [4.78, 5) is 48.3. The molecular weight excluding hydrogens is 466 g/mol. The van der Waals surface area contributed by atoms with Crippen molar-refractivity contribution in [3.05, 3.63) is 59.9 Å². The van der Waals surface area contributed by atoms with Crippen molar-refractivity contribution in [3.63, 3.8) is 0 Å². The SMILES string of the molecule is CC(=O)Nc1ccnc([C@@]23CN(C(=O)OC(C)(C)C)C[C@@H]2CN=C(NC(=O)c2ccccc2)S3)c1. The highest BCUT2D eigenvalue weighted by molar-refractivity contribution is 8.14. The summed E-state index contributed by atoms with van der Waals surface area (Å²) < 4.78 is 4.95. The van der Waals surface area contributed by atoms with Crippen LogP contribution in [0.1, 0.15) is 43.7 Å². The molecular formula is C25H29N5O4S. The Bertz CT molecular complexity index is 1160. The first-order valence-corrected chi connectivity index (χ1v) is 12.2. The van der Waals surface area contributed by atoms with Gasteiger partial charge in [-0.25, -0.2) is 4.79 Å². The van der Waals surface area contributed by atoms with E-state index in [9.17, 15) is 14.4 Å². The highest BCUT2D eigenvalue weighted by Crippen LogP contribution is 2.50. The minimum Gasteiger partial charge on any atom is -0.444 e. The molecule has 2 atom stereocenters. The number of nitrogens with one attached hydrogen (secondary N) is 2. The number of hydrogen-bond donors (Lipinski definition) is 2. The first-order chi connectivity index (χ1) is 16.6. The number of ether oxygens (including phenoxy) is 1. The van der Waals surface area contributed by atoms with E-state index in [0.717, 1.165) is 0 Å². The van der Waals surface area contributed by atoms with E-state index in [2.05, 4.69) is 20.6 Å². The van der Waals surface area contributed by atoms with Gasteiger partial charge in [-0.3, -0.25) is 19.6 Å². The standard InChI is InChI=1S/C25H29N5O4S/c1-16(31)28-19-10-11-26-20(12-19)25-15-30(23(33)34-24(2,3)4)14-18(25)13-27-22(35-25)29-21(32)17-8-6-5-7-9-17/h5-12,18H,13-15H2,1-4H3,(H,26,28,31)(H,27,29,32)/t18-,25+/m0/s1. The molecule has 0 spiro atoms. The van der Waals surface area contributed by atoms with E-state index in [1.807, 2.05) is 32.9 Å². The molecule has 0 aliphatic carbocycles. The molecule has 2 aromatic rings. The predicted molar refractivity (Wildman–Crippen MR) is 135 cm³/mol. The lowest BCUT2D eigenvalue weighted by Crippen LogP contribution is -2.43. The number of pyridine rings is 1. The van der Waals surface area contributed by atoms with Crippen molar-refractivity contribution in [2.75, 3.05) is 25.0 Å². The van der Waals surface area contributed by atoms with E-state index in [0.29, 0.717) is 41.7 Å². The molecule has 0 saturated carbocycles. The Morgan fingerprint density at radius 1 is 1.14 bits per heavy atom. The molecule has 1 fully saturated rings. The molecule has 35 heavy (non-hydrogen) atoms. The molecule has 2 aliphatic heterocycles. The molecule has 2 N–H and O–H groups in total. The van der Waals surface area contributed by atoms with E-state index in [1.54, 1.807) is 41.4 Å². The molecule has 1 aromatic heterocycles. The average molecular weight is 496 g/mol. The van der Waals surface area contributed by atoms with Crippen LogP contribution in [-0.4, -0.2) is 58.2 Å². The van der Waals surface area contributed by atoms with Crippen molar-refractivity contribution >= 4 is 40.5 Å². The average Bonchev–Trinajstić information content (AvgIpc) is 3.19. The van der Waals surface area contributed by atoms with Gasteiger partial charge < -0.3 is 20.3 Å². The van der Waals surface area contributed by atoms with Gasteiger partial charge >= 0.3 is 6.09 Å². The van der Waals surface area contributed by atoms with E-state index in [4.69, 9.17) is 4.74 Å². The van der Waals surface area contributed by atoms with Gasteiger partial charge in [0.1, 0.15) is 5.60 Å². The molecule has 9 nitrogen and oxygen atoms in total. The number of thioether (sulfide) groups is 1. The summed E-state index contributed by atoms with van der Waals surface area (Å²) in [6, 6.07) is 12.5. The number of amides is 3. The first-order valence-electron chi connectivity index (χ1n) is 11.4. The maximum Gasteiger partial charge on any atom is 0.410 e. The fourth-order valence-corrected chi connectivity index (χ4v) is 5.56. The largest absolute Gasteiger partial charge is 0.444 e. The van der Waals surface area contributed by atoms with E-state index in [-0.39, 0.29) is 17.7 Å². The van der Waals surface area contributed by atoms with Crippen LogP contribution in [0.2, 0.25) is 0 Å². The van der Waals surface area contributed by atoms with Gasteiger partial charge in [-0.05, 0) is 45.0 Å². The molecule has 4 rings (SSSR count). The van der Waals surface area contributed by atoms with Crippen molar-refractivity contribution in [2.45, 2.75) is 38.0 Å². The third-order valence-corrected chi connectivity index (χ3v) is 7.14. The van der Waals surface area contributed by atoms with Gasteiger partial charge in [0.2, 0.25) is 5.91 Å². The normalized spacial score (nSPS) is 21.5. The number of nitrogens with zero attached hydrogens (tertiary/aromatic N) is 3. The second-order valence-electron chi connectivity index (χ2n) is 9.63. The highest BCUT2D eigenvalue weighted by atomic mass is 32.2. The maximum atomic E-state index is 12.9. The fourth-order valence-electron chi connectivity index (χ4n) is 4.18. The van der Waals surface area contributed by atoms with E-state index >= 15 is 0 Å². The minimum absolute atomic E-state index is 0.0579. The lowest BCUT2D eigenvalue weighted by atomic mass is 9.90. The summed E-state index contributed by atoms with van der Waals surface area (Å²) in [7, 11) is 0. The van der Waals surface area contributed by atoms with Crippen LogP contribution in [0.5, 0.6) is 0 Å². The Kier molecular flexibility index (Phi) is 6.84. The number of aliphatic imine (C=N–C) groups is 1. The third-order valence-electron chi connectivity index (χ3n) is 5.68. The number of likely N-dealkylation sites (tertiary alicyclic amines) is 1. The second-order valence-corrected chi connectivity index (χ2v) is 10.9. The van der Waals surface area contributed by atoms with Gasteiger partial charge in [0.25, 0.3) is 5.91 Å². The van der Waals surface area contributed by atoms with Gasteiger partial charge in [-0.2, -0.15) is 0 Å². The van der Waals surface area contributed by atoms with Crippen molar-refractivity contribution in [1.82, 2.24) is 15.2 Å². The number of carbonyl (C=O) groups is 3. The topological polar surface area (TPSA) is 113 Å². The van der Waals surface area contributed by atoms with Crippen LogP contribution in [0.25, 0.3) is 0 Å². The molecule has 0 radical (unpaired) electrons. The van der Waals surface area contributed by atoms with Gasteiger partial charge in [-0.15, -0.1) is 0 Å². The molecule has 1 saturated heterocycles. The molecule has 1 aromatic carbocycles. The number of anilines is 1. The van der Waals surface area contributed by atoms with E-state index < -0.39 is 16.4 Å². The monoisotopic (exact) mass is 495 g/mol. The summed E-state index contributed by atoms with van der Waals surface area (Å²) in [6.45, 7) is 8.11. The number of hydrogen-bond acceptors (Lipinski definition) is 7. The number of aromatic nitrogens is 1. The Hall–Kier alpha value is -3.40. The number of rotatable bonds is 3. The Morgan fingerprint density at radius 2 is 1.89 bits per heavy atom. The van der Waals surface area contributed by atoms with Crippen molar-refractivity contribution in [3.8, 4) is 0 Å². The Balaban J connectivity index is 1.65. The van der Waals surface area contributed by atoms with Crippen LogP contribution in [0.4, 0.5) is 10.5 Å². The summed E-state index contributed by atoms with van der Waals surface area (Å²) in [6.07, 6.45) is 1.23.